The Balaban J connectivity index is 1.91. The lowest BCUT2D eigenvalue weighted by molar-refractivity contribution is -0.137. The highest BCUT2D eigenvalue weighted by molar-refractivity contribution is 5.86. The van der Waals surface area contributed by atoms with E-state index in [9.17, 15) is 4.79 Å². The third kappa shape index (κ3) is 4.53. The molecule has 28 heavy (non-hydrogen) atoms. The molecule has 0 bridgehead atoms. The Morgan fingerprint density at radius 2 is 1.57 bits per heavy atom. The molecule has 0 saturated heterocycles. The van der Waals surface area contributed by atoms with E-state index in [2.05, 4.69) is 56.3 Å². The molecule has 0 fully saturated rings. The molecule has 1 amide bonds. The van der Waals surface area contributed by atoms with Crippen molar-refractivity contribution in [2.45, 2.75) is 39.8 Å². The van der Waals surface area contributed by atoms with Gasteiger partial charge in [-0.05, 0) is 46.9 Å². The van der Waals surface area contributed by atoms with E-state index in [4.69, 9.17) is 4.74 Å². The predicted octanol–water partition coefficient (Wildman–Crippen LogP) is 5.81. The van der Waals surface area contributed by atoms with Gasteiger partial charge in [0.15, 0.2) is 0 Å². The number of ether oxygens (including phenoxy) is 1. The molecule has 3 nitrogen and oxygen atoms in total. The summed E-state index contributed by atoms with van der Waals surface area (Å²) < 4.78 is 5.26. The Bertz CT molecular complexity index is 908. The minimum absolute atomic E-state index is 0.0632. The lowest BCUT2D eigenvalue weighted by atomic mass is 9.99. The molecule has 3 rings (SSSR count). The third-order valence-corrected chi connectivity index (χ3v) is 5.42. The predicted molar refractivity (Wildman–Crippen MR) is 115 cm³/mol. The molecule has 0 N–H and O–H groups in total. The van der Waals surface area contributed by atoms with Crippen LogP contribution in [0.15, 0.2) is 66.7 Å². The maximum Gasteiger partial charge on any atom is 0.226 e. The van der Waals surface area contributed by atoms with Crippen molar-refractivity contribution in [2.24, 2.45) is 5.92 Å². The topological polar surface area (TPSA) is 29.5 Å². The lowest BCUT2D eigenvalue weighted by Gasteiger charge is -2.27. The number of carbonyl (C=O) groups excluding carboxylic acids is 1. The highest BCUT2D eigenvalue weighted by Crippen LogP contribution is 2.23. The zero-order chi connectivity index (χ0) is 19.9. The lowest BCUT2D eigenvalue weighted by Crippen LogP contribution is -2.35. The van der Waals surface area contributed by atoms with Crippen LogP contribution >= 0.6 is 0 Å². The van der Waals surface area contributed by atoms with Gasteiger partial charge in [0.25, 0.3) is 0 Å². The smallest absolute Gasteiger partial charge is 0.226 e. The van der Waals surface area contributed by atoms with E-state index in [0.29, 0.717) is 13.1 Å². The average molecular weight is 376 g/mol. The SMILES string of the molecule is CCC(CC)C(=O)N(Cc1ccc(OC)cc1)Cc1cccc2ccccc12. The van der Waals surface area contributed by atoms with Crippen LogP contribution in [0.5, 0.6) is 5.75 Å². The van der Waals surface area contributed by atoms with Gasteiger partial charge in [-0.1, -0.05) is 68.4 Å². The number of nitrogens with zero attached hydrogens (tertiary/aromatic N) is 1. The molecule has 0 aromatic heterocycles. The van der Waals surface area contributed by atoms with Gasteiger partial charge in [-0.3, -0.25) is 4.79 Å². The molecule has 0 unspecified atom stereocenters. The molecule has 0 aliphatic carbocycles. The highest BCUT2D eigenvalue weighted by Gasteiger charge is 2.22. The fourth-order valence-electron chi connectivity index (χ4n) is 3.70. The number of fused-ring (bicyclic) bond motifs is 1. The summed E-state index contributed by atoms with van der Waals surface area (Å²) in [5, 5.41) is 2.42. The molecular weight excluding hydrogens is 346 g/mol. The van der Waals surface area contributed by atoms with E-state index in [1.807, 2.05) is 29.2 Å². The molecule has 3 aromatic carbocycles. The van der Waals surface area contributed by atoms with Crippen LogP contribution in [-0.4, -0.2) is 17.9 Å². The second kappa shape index (κ2) is 9.41. The summed E-state index contributed by atoms with van der Waals surface area (Å²) in [6.45, 7) is 5.40. The molecule has 3 aromatic rings. The van der Waals surface area contributed by atoms with Crippen LogP contribution in [0.4, 0.5) is 0 Å². The summed E-state index contributed by atoms with van der Waals surface area (Å²) in [7, 11) is 1.67. The largest absolute Gasteiger partial charge is 0.497 e. The molecule has 0 aliphatic heterocycles. The van der Waals surface area contributed by atoms with Crippen molar-refractivity contribution in [1.82, 2.24) is 4.90 Å². The maximum atomic E-state index is 13.3. The van der Waals surface area contributed by atoms with E-state index in [0.717, 1.165) is 24.2 Å². The van der Waals surface area contributed by atoms with Crippen molar-refractivity contribution in [3.63, 3.8) is 0 Å². The zero-order valence-corrected chi connectivity index (χ0v) is 17.0. The second-order valence-electron chi connectivity index (χ2n) is 7.19. The molecule has 146 valence electrons. The first-order valence-electron chi connectivity index (χ1n) is 10.0. The molecule has 0 radical (unpaired) electrons. The standard InChI is InChI=1S/C25H29NO2/c1-4-20(5-2)25(27)26(17-19-13-15-23(28-3)16-14-19)18-22-11-8-10-21-9-6-7-12-24(21)22/h6-16,20H,4-5,17-18H2,1-3H3. The van der Waals surface area contributed by atoms with Crippen molar-refractivity contribution in [3.05, 3.63) is 77.9 Å². The van der Waals surface area contributed by atoms with Gasteiger partial charge in [0, 0.05) is 19.0 Å². The average Bonchev–Trinajstić information content (AvgIpc) is 2.74. The van der Waals surface area contributed by atoms with E-state index in [-0.39, 0.29) is 11.8 Å². The number of hydrogen-bond donors (Lipinski definition) is 0. The summed E-state index contributed by atoms with van der Waals surface area (Å²) >= 11 is 0. The summed E-state index contributed by atoms with van der Waals surface area (Å²) in [6.07, 6.45) is 1.73. The number of benzene rings is 3. The van der Waals surface area contributed by atoms with Crippen LogP contribution in [0.25, 0.3) is 10.8 Å². The number of methoxy groups -OCH3 is 1. The Morgan fingerprint density at radius 1 is 0.893 bits per heavy atom. The fourth-order valence-corrected chi connectivity index (χ4v) is 3.70. The first kappa shape index (κ1) is 19.9. The molecule has 0 spiro atoms. The van der Waals surface area contributed by atoms with Gasteiger partial charge < -0.3 is 9.64 Å². The van der Waals surface area contributed by atoms with Gasteiger partial charge >= 0.3 is 0 Å². The van der Waals surface area contributed by atoms with Crippen LogP contribution < -0.4 is 4.74 Å². The van der Waals surface area contributed by atoms with Crippen molar-refractivity contribution >= 4 is 16.7 Å². The number of carbonyl (C=O) groups is 1. The first-order valence-corrected chi connectivity index (χ1v) is 10.0. The van der Waals surface area contributed by atoms with Crippen LogP contribution in [0.3, 0.4) is 0 Å². The van der Waals surface area contributed by atoms with Crippen LogP contribution in [0.1, 0.15) is 37.8 Å². The summed E-state index contributed by atoms with van der Waals surface area (Å²) in [5.74, 6) is 1.12. The van der Waals surface area contributed by atoms with Crippen LogP contribution in [0.2, 0.25) is 0 Å². The Labute approximate surface area is 167 Å². The van der Waals surface area contributed by atoms with Gasteiger partial charge in [0.1, 0.15) is 5.75 Å². The zero-order valence-electron chi connectivity index (χ0n) is 17.0. The Hall–Kier alpha value is -2.81. The quantitative estimate of drug-likeness (QED) is 0.497. The van der Waals surface area contributed by atoms with Gasteiger partial charge in [0.05, 0.1) is 7.11 Å². The second-order valence-corrected chi connectivity index (χ2v) is 7.19. The molecule has 0 aliphatic rings. The highest BCUT2D eigenvalue weighted by atomic mass is 16.5. The molecule has 3 heteroatoms. The minimum atomic E-state index is 0.0632. The van der Waals surface area contributed by atoms with Crippen molar-refractivity contribution in [3.8, 4) is 5.75 Å². The minimum Gasteiger partial charge on any atom is -0.497 e. The van der Waals surface area contributed by atoms with Gasteiger partial charge in [0.2, 0.25) is 5.91 Å². The molecule has 0 heterocycles. The molecular formula is C25H29NO2. The summed E-state index contributed by atoms with van der Waals surface area (Å²) in [6, 6.07) is 22.7. The van der Waals surface area contributed by atoms with Crippen molar-refractivity contribution < 1.29 is 9.53 Å². The summed E-state index contributed by atoms with van der Waals surface area (Å²) in [4.78, 5) is 15.3. The van der Waals surface area contributed by atoms with E-state index in [1.165, 1.54) is 16.3 Å². The normalized spacial score (nSPS) is 11.0. The van der Waals surface area contributed by atoms with Crippen LogP contribution in [0, 0.1) is 5.92 Å². The van der Waals surface area contributed by atoms with Crippen molar-refractivity contribution in [1.29, 1.82) is 0 Å². The Kier molecular flexibility index (Phi) is 6.70. The van der Waals surface area contributed by atoms with Gasteiger partial charge in [-0.2, -0.15) is 0 Å². The van der Waals surface area contributed by atoms with E-state index < -0.39 is 0 Å². The third-order valence-electron chi connectivity index (χ3n) is 5.42. The molecule has 0 saturated carbocycles. The monoisotopic (exact) mass is 375 g/mol. The maximum absolute atomic E-state index is 13.3. The van der Waals surface area contributed by atoms with Crippen molar-refractivity contribution in [2.75, 3.05) is 7.11 Å². The number of amides is 1. The van der Waals surface area contributed by atoms with E-state index in [1.54, 1.807) is 7.11 Å². The van der Waals surface area contributed by atoms with E-state index >= 15 is 0 Å². The number of hydrogen-bond acceptors (Lipinski definition) is 2. The first-order chi connectivity index (χ1) is 13.7. The van der Waals surface area contributed by atoms with Crippen LogP contribution in [-0.2, 0) is 17.9 Å². The summed E-state index contributed by atoms with van der Waals surface area (Å²) in [5.41, 5.74) is 2.30. The van der Waals surface area contributed by atoms with Gasteiger partial charge in [-0.25, -0.2) is 0 Å². The Morgan fingerprint density at radius 3 is 2.25 bits per heavy atom. The fraction of sp³-hybridized carbons (Fsp3) is 0.320. The van der Waals surface area contributed by atoms with Gasteiger partial charge in [-0.15, -0.1) is 0 Å². The molecule has 0 atom stereocenters. The number of rotatable bonds is 8.